The van der Waals surface area contributed by atoms with E-state index < -0.39 is 21.1 Å². The lowest BCUT2D eigenvalue weighted by atomic mass is 10.1. The van der Waals surface area contributed by atoms with Crippen molar-refractivity contribution in [3.8, 4) is 5.75 Å². The average molecular weight is 284 g/mol. The highest BCUT2D eigenvalue weighted by Gasteiger charge is 2.27. The van der Waals surface area contributed by atoms with Crippen LogP contribution in [0.3, 0.4) is 0 Å². The molecule has 1 aliphatic heterocycles. The minimum atomic E-state index is -3.60. The van der Waals surface area contributed by atoms with Gasteiger partial charge in [-0.25, -0.2) is 8.42 Å². The standard InChI is InChI=1S/C13H16O5S/c1-9(13(14)15)19(16,17)7-5-10-2-3-12-11(8-10)4-6-18-12/h2-3,8-9H,4-7H2,1H3,(H,14,15). The topological polar surface area (TPSA) is 80.7 Å². The Morgan fingerprint density at radius 2 is 2.21 bits per heavy atom. The van der Waals surface area contributed by atoms with Gasteiger partial charge in [-0.15, -0.1) is 0 Å². The van der Waals surface area contributed by atoms with Gasteiger partial charge < -0.3 is 9.84 Å². The third-order valence-electron chi connectivity index (χ3n) is 3.32. The fourth-order valence-electron chi connectivity index (χ4n) is 1.99. The van der Waals surface area contributed by atoms with E-state index in [1.807, 2.05) is 18.2 Å². The summed E-state index contributed by atoms with van der Waals surface area (Å²) in [6.45, 7) is 1.86. The molecule has 1 atom stereocenters. The van der Waals surface area contributed by atoms with Gasteiger partial charge in [-0.05, 0) is 30.5 Å². The quantitative estimate of drug-likeness (QED) is 0.874. The summed E-state index contributed by atoms with van der Waals surface area (Å²) in [5.41, 5.74) is 1.98. The van der Waals surface area contributed by atoms with Crippen LogP contribution in [0.15, 0.2) is 18.2 Å². The number of rotatable bonds is 5. The van der Waals surface area contributed by atoms with Crippen LogP contribution in [0.1, 0.15) is 18.1 Å². The molecule has 0 saturated carbocycles. The van der Waals surface area contributed by atoms with E-state index >= 15 is 0 Å². The maximum atomic E-state index is 11.8. The van der Waals surface area contributed by atoms with Gasteiger partial charge >= 0.3 is 5.97 Å². The number of carboxylic acids is 1. The van der Waals surface area contributed by atoms with Crippen LogP contribution in [0.25, 0.3) is 0 Å². The number of carboxylic acid groups (broad SMARTS) is 1. The Morgan fingerprint density at radius 3 is 2.89 bits per heavy atom. The Morgan fingerprint density at radius 1 is 1.47 bits per heavy atom. The predicted octanol–water partition coefficient (Wildman–Crippen LogP) is 1.05. The van der Waals surface area contributed by atoms with Gasteiger partial charge in [0.2, 0.25) is 0 Å². The van der Waals surface area contributed by atoms with Gasteiger partial charge in [0.05, 0.1) is 12.4 Å². The molecule has 0 aromatic heterocycles. The van der Waals surface area contributed by atoms with Gasteiger partial charge in [-0.1, -0.05) is 12.1 Å². The molecule has 5 nitrogen and oxygen atoms in total. The smallest absolute Gasteiger partial charge is 0.321 e. The van der Waals surface area contributed by atoms with E-state index in [0.717, 1.165) is 23.3 Å². The summed E-state index contributed by atoms with van der Waals surface area (Å²) in [6, 6.07) is 5.60. The summed E-state index contributed by atoms with van der Waals surface area (Å²) in [5, 5.41) is 7.39. The minimum Gasteiger partial charge on any atom is -0.493 e. The second-order valence-electron chi connectivity index (χ2n) is 4.64. The van der Waals surface area contributed by atoms with Crippen molar-refractivity contribution in [2.24, 2.45) is 0 Å². The zero-order chi connectivity index (χ0) is 14.0. The van der Waals surface area contributed by atoms with Crippen LogP contribution < -0.4 is 4.74 Å². The van der Waals surface area contributed by atoms with Crippen molar-refractivity contribution in [3.05, 3.63) is 29.3 Å². The van der Waals surface area contributed by atoms with Crippen LogP contribution in [0.2, 0.25) is 0 Å². The van der Waals surface area contributed by atoms with Crippen LogP contribution in [0, 0.1) is 0 Å². The molecule has 0 fully saturated rings. The first-order valence-corrected chi connectivity index (χ1v) is 7.80. The van der Waals surface area contributed by atoms with Crippen molar-refractivity contribution in [3.63, 3.8) is 0 Å². The SMILES string of the molecule is CC(C(=O)O)S(=O)(=O)CCc1ccc2c(c1)CCO2. The van der Waals surface area contributed by atoms with E-state index in [1.165, 1.54) is 6.92 Å². The Bertz CT molecular complexity index is 591. The zero-order valence-corrected chi connectivity index (χ0v) is 11.4. The molecule has 0 radical (unpaired) electrons. The molecule has 1 aromatic rings. The summed E-state index contributed by atoms with van der Waals surface area (Å²) in [5.74, 6) is -0.604. The second kappa shape index (κ2) is 5.21. The Balaban J connectivity index is 2.05. The van der Waals surface area contributed by atoms with E-state index in [0.29, 0.717) is 13.0 Å². The molecule has 0 amide bonds. The van der Waals surface area contributed by atoms with Crippen LogP contribution >= 0.6 is 0 Å². The number of carbonyl (C=O) groups is 1. The van der Waals surface area contributed by atoms with Crippen molar-refractivity contribution in [2.75, 3.05) is 12.4 Å². The normalized spacial score (nSPS) is 15.6. The fraction of sp³-hybridized carbons (Fsp3) is 0.462. The molecule has 1 heterocycles. The van der Waals surface area contributed by atoms with E-state index in [2.05, 4.69) is 0 Å². The molecule has 0 spiro atoms. The summed E-state index contributed by atoms with van der Waals surface area (Å²) < 4.78 is 28.9. The maximum Gasteiger partial charge on any atom is 0.321 e. The highest BCUT2D eigenvalue weighted by atomic mass is 32.2. The van der Waals surface area contributed by atoms with E-state index in [9.17, 15) is 13.2 Å². The van der Waals surface area contributed by atoms with Gasteiger partial charge in [0.25, 0.3) is 0 Å². The molecule has 1 aliphatic rings. The molecule has 0 aliphatic carbocycles. The molecular formula is C13H16O5S. The van der Waals surface area contributed by atoms with E-state index in [-0.39, 0.29) is 5.75 Å². The second-order valence-corrected chi connectivity index (χ2v) is 7.08. The number of ether oxygens (including phenoxy) is 1. The lowest BCUT2D eigenvalue weighted by molar-refractivity contribution is -0.136. The molecule has 2 rings (SSSR count). The Kier molecular flexibility index (Phi) is 3.80. The van der Waals surface area contributed by atoms with Gasteiger partial charge in [0, 0.05) is 6.42 Å². The molecule has 1 aromatic carbocycles. The van der Waals surface area contributed by atoms with Crippen LogP contribution in [-0.2, 0) is 27.5 Å². The number of aryl methyl sites for hydroxylation is 1. The van der Waals surface area contributed by atoms with Crippen LogP contribution in [0.5, 0.6) is 5.75 Å². The van der Waals surface area contributed by atoms with Crippen molar-refractivity contribution < 1.29 is 23.1 Å². The van der Waals surface area contributed by atoms with Gasteiger partial charge in [0.1, 0.15) is 5.75 Å². The van der Waals surface area contributed by atoms with Crippen molar-refractivity contribution in [1.29, 1.82) is 0 Å². The largest absolute Gasteiger partial charge is 0.493 e. The molecule has 0 saturated heterocycles. The van der Waals surface area contributed by atoms with Crippen LogP contribution in [-0.4, -0.2) is 37.1 Å². The molecule has 6 heteroatoms. The zero-order valence-electron chi connectivity index (χ0n) is 10.6. The van der Waals surface area contributed by atoms with Gasteiger partial charge in [-0.2, -0.15) is 0 Å². The lowest BCUT2D eigenvalue weighted by Crippen LogP contribution is -2.29. The van der Waals surface area contributed by atoms with Crippen molar-refractivity contribution in [2.45, 2.75) is 25.0 Å². The first-order chi connectivity index (χ1) is 8.90. The lowest BCUT2D eigenvalue weighted by Gasteiger charge is -2.09. The molecule has 19 heavy (non-hydrogen) atoms. The number of hydrogen-bond acceptors (Lipinski definition) is 4. The number of hydrogen-bond donors (Lipinski definition) is 1. The number of aliphatic carboxylic acids is 1. The molecule has 1 N–H and O–H groups in total. The first kappa shape index (κ1) is 13.9. The van der Waals surface area contributed by atoms with Crippen LogP contribution in [0.4, 0.5) is 0 Å². The van der Waals surface area contributed by atoms with Gasteiger partial charge in [0.15, 0.2) is 15.1 Å². The minimum absolute atomic E-state index is 0.153. The molecule has 1 unspecified atom stereocenters. The molecule has 104 valence electrons. The van der Waals surface area contributed by atoms with Crippen molar-refractivity contribution in [1.82, 2.24) is 0 Å². The molecular weight excluding hydrogens is 268 g/mol. The summed E-state index contributed by atoms with van der Waals surface area (Å²) in [6.07, 6.45) is 1.16. The highest BCUT2D eigenvalue weighted by Crippen LogP contribution is 2.26. The third kappa shape index (κ3) is 3.07. The monoisotopic (exact) mass is 284 g/mol. The number of fused-ring (bicyclic) bond motifs is 1. The van der Waals surface area contributed by atoms with Crippen molar-refractivity contribution >= 4 is 15.8 Å². The Labute approximate surface area is 112 Å². The summed E-state index contributed by atoms with van der Waals surface area (Å²) in [7, 11) is -3.60. The predicted molar refractivity (Wildman–Crippen MR) is 70.2 cm³/mol. The number of benzene rings is 1. The van der Waals surface area contributed by atoms with E-state index in [1.54, 1.807) is 0 Å². The summed E-state index contributed by atoms with van der Waals surface area (Å²) >= 11 is 0. The highest BCUT2D eigenvalue weighted by molar-refractivity contribution is 7.92. The summed E-state index contributed by atoms with van der Waals surface area (Å²) in [4.78, 5) is 10.7. The average Bonchev–Trinajstić information content (AvgIpc) is 2.82. The maximum absolute atomic E-state index is 11.8. The first-order valence-electron chi connectivity index (χ1n) is 6.09. The van der Waals surface area contributed by atoms with E-state index in [4.69, 9.17) is 9.84 Å². The Hall–Kier alpha value is -1.56. The fourth-order valence-corrected chi connectivity index (χ4v) is 3.17. The molecule has 0 bridgehead atoms. The number of sulfone groups is 1. The van der Waals surface area contributed by atoms with Gasteiger partial charge in [-0.3, -0.25) is 4.79 Å². The third-order valence-corrected chi connectivity index (χ3v) is 5.37.